The van der Waals surface area contributed by atoms with E-state index in [2.05, 4.69) is 12.1 Å². The number of carboxylic acids is 1. The minimum absolute atomic E-state index is 0.217. The number of carbonyl (C=O) groups is 1. The van der Waals surface area contributed by atoms with Crippen LogP contribution in [0.1, 0.15) is 22.3 Å². The van der Waals surface area contributed by atoms with Crippen LogP contribution in [0.25, 0.3) is 0 Å². The second kappa shape index (κ2) is 8.37. The summed E-state index contributed by atoms with van der Waals surface area (Å²) in [6, 6.07) is 17.1. The number of thioether (sulfide) groups is 1. The maximum atomic E-state index is 11.0. The maximum Gasteiger partial charge on any atom is 0.339 e. The first-order valence-electron chi connectivity index (χ1n) is 6.84. The summed E-state index contributed by atoms with van der Waals surface area (Å²) >= 11 is 1.86. The summed E-state index contributed by atoms with van der Waals surface area (Å²) in [5.74, 6) is 1.47. The number of benzene rings is 2. The number of hydrogen-bond donors (Lipinski definition) is 1. The minimum Gasteiger partial charge on any atom is -0.493 e. The van der Waals surface area contributed by atoms with Crippen molar-refractivity contribution in [2.24, 2.45) is 0 Å². The van der Waals surface area contributed by atoms with Crippen LogP contribution in [0.4, 0.5) is 0 Å². The van der Waals surface area contributed by atoms with Crippen LogP contribution in [0.2, 0.25) is 0 Å². The predicted molar refractivity (Wildman–Crippen MR) is 86.1 cm³/mol. The first kappa shape index (κ1) is 15.4. The molecule has 0 bridgehead atoms. The molecule has 0 unspecified atom stereocenters. The fourth-order valence-corrected chi connectivity index (χ4v) is 2.77. The molecule has 4 heteroatoms. The van der Waals surface area contributed by atoms with Crippen LogP contribution >= 0.6 is 11.8 Å². The molecule has 21 heavy (non-hydrogen) atoms. The van der Waals surface area contributed by atoms with Gasteiger partial charge in [0.15, 0.2) is 0 Å². The predicted octanol–water partition coefficient (Wildman–Crippen LogP) is 4.09. The molecule has 0 aliphatic rings. The zero-order chi connectivity index (χ0) is 14.9. The monoisotopic (exact) mass is 302 g/mol. The van der Waals surface area contributed by atoms with E-state index in [-0.39, 0.29) is 5.56 Å². The lowest BCUT2D eigenvalue weighted by Crippen LogP contribution is -2.04. The molecule has 0 aliphatic carbocycles. The van der Waals surface area contributed by atoms with E-state index in [4.69, 9.17) is 9.84 Å². The van der Waals surface area contributed by atoms with Crippen LogP contribution in [-0.2, 0) is 5.75 Å². The van der Waals surface area contributed by atoms with Gasteiger partial charge in [-0.1, -0.05) is 42.5 Å². The average Bonchev–Trinajstić information content (AvgIpc) is 2.52. The zero-order valence-electron chi connectivity index (χ0n) is 11.7. The highest BCUT2D eigenvalue weighted by Gasteiger charge is 2.09. The van der Waals surface area contributed by atoms with Gasteiger partial charge in [-0.25, -0.2) is 4.79 Å². The van der Waals surface area contributed by atoms with Gasteiger partial charge in [0.2, 0.25) is 0 Å². The standard InChI is InChI=1S/C17H18O3S/c18-17(19)15-9-4-5-10-16(15)20-11-6-12-21-13-14-7-2-1-3-8-14/h1-5,7-10H,6,11-13H2,(H,18,19). The van der Waals surface area contributed by atoms with Crippen molar-refractivity contribution in [2.75, 3.05) is 12.4 Å². The topological polar surface area (TPSA) is 46.5 Å². The fraction of sp³-hybridized carbons (Fsp3) is 0.235. The summed E-state index contributed by atoms with van der Waals surface area (Å²) in [4.78, 5) is 11.0. The summed E-state index contributed by atoms with van der Waals surface area (Å²) in [5, 5.41) is 9.05. The van der Waals surface area contributed by atoms with Gasteiger partial charge in [0.25, 0.3) is 0 Å². The van der Waals surface area contributed by atoms with E-state index in [0.29, 0.717) is 12.4 Å². The highest BCUT2D eigenvalue weighted by Crippen LogP contribution is 2.18. The third-order valence-electron chi connectivity index (χ3n) is 2.92. The van der Waals surface area contributed by atoms with Gasteiger partial charge in [-0.05, 0) is 29.9 Å². The molecule has 0 saturated heterocycles. The molecule has 1 N–H and O–H groups in total. The van der Waals surface area contributed by atoms with Gasteiger partial charge in [-0.3, -0.25) is 0 Å². The van der Waals surface area contributed by atoms with Crippen LogP contribution in [0.5, 0.6) is 5.75 Å². The van der Waals surface area contributed by atoms with Crippen LogP contribution in [0.15, 0.2) is 54.6 Å². The van der Waals surface area contributed by atoms with Crippen LogP contribution in [-0.4, -0.2) is 23.4 Å². The average molecular weight is 302 g/mol. The van der Waals surface area contributed by atoms with Crippen molar-refractivity contribution in [1.82, 2.24) is 0 Å². The van der Waals surface area contributed by atoms with E-state index in [1.165, 1.54) is 5.56 Å². The molecule has 2 aromatic rings. The van der Waals surface area contributed by atoms with Crippen LogP contribution < -0.4 is 4.74 Å². The molecule has 2 aromatic carbocycles. The Bertz CT molecular complexity index is 569. The lowest BCUT2D eigenvalue weighted by atomic mass is 10.2. The molecule has 0 atom stereocenters. The van der Waals surface area contributed by atoms with Crippen molar-refractivity contribution in [3.8, 4) is 5.75 Å². The van der Waals surface area contributed by atoms with Crippen molar-refractivity contribution < 1.29 is 14.6 Å². The molecule has 0 amide bonds. The third kappa shape index (κ3) is 5.16. The number of carboxylic acid groups (broad SMARTS) is 1. The van der Waals surface area contributed by atoms with Crippen LogP contribution in [0, 0.1) is 0 Å². The Morgan fingerprint density at radius 3 is 2.52 bits per heavy atom. The Hall–Kier alpha value is -1.94. The fourth-order valence-electron chi connectivity index (χ4n) is 1.88. The first-order valence-corrected chi connectivity index (χ1v) is 7.99. The van der Waals surface area contributed by atoms with Crippen molar-refractivity contribution in [2.45, 2.75) is 12.2 Å². The van der Waals surface area contributed by atoms with E-state index >= 15 is 0 Å². The summed E-state index contributed by atoms with van der Waals surface area (Å²) in [5.41, 5.74) is 1.54. The van der Waals surface area contributed by atoms with Gasteiger partial charge in [-0.2, -0.15) is 11.8 Å². The van der Waals surface area contributed by atoms with Crippen molar-refractivity contribution in [1.29, 1.82) is 0 Å². The lowest BCUT2D eigenvalue weighted by molar-refractivity contribution is 0.0692. The maximum absolute atomic E-state index is 11.0. The second-order valence-corrected chi connectivity index (χ2v) is 5.65. The number of aromatic carboxylic acids is 1. The van der Waals surface area contributed by atoms with E-state index in [9.17, 15) is 4.79 Å². The summed E-state index contributed by atoms with van der Waals surface area (Å²) in [7, 11) is 0. The SMILES string of the molecule is O=C(O)c1ccccc1OCCCSCc1ccccc1. The normalized spacial score (nSPS) is 10.3. The van der Waals surface area contributed by atoms with Gasteiger partial charge in [0.05, 0.1) is 6.61 Å². The number of para-hydroxylation sites is 1. The Balaban J connectivity index is 1.67. The van der Waals surface area contributed by atoms with Crippen LogP contribution in [0.3, 0.4) is 0 Å². The molecule has 0 spiro atoms. The molecule has 0 fully saturated rings. The largest absolute Gasteiger partial charge is 0.493 e. The summed E-state index contributed by atoms with van der Waals surface area (Å²) < 4.78 is 5.56. The Labute approximate surface area is 129 Å². The molecule has 0 heterocycles. The molecule has 2 rings (SSSR count). The van der Waals surface area contributed by atoms with Gasteiger partial charge >= 0.3 is 5.97 Å². The van der Waals surface area contributed by atoms with Crippen molar-refractivity contribution in [3.05, 3.63) is 65.7 Å². The summed E-state index contributed by atoms with van der Waals surface area (Å²) in [6.45, 7) is 0.534. The smallest absolute Gasteiger partial charge is 0.339 e. The number of hydrogen-bond acceptors (Lipinski definition) is 3. The molecule has 0 aromatic heterocycles. The zero-order valence-corrected chi connectivity index (χ0v) is 12.5. The first-order chi connectivity index (χ1) is 10.3. The molecule has 0 aliphatic heterocycles. The van der Waals surface area contributed by atoms with E-state index in [0.717, 1.165) is 17.9 Å². The quantitative estimate of drug-likeness (QED) is 0.746. The number of ether oxygens (including phenoxy) is 1. The van der Waals surface area contributed by atoms with E-state index < -0.39 is 5.97 Å². The highest BCUT2D eigenvalue weighted by atomic mass is 32.2. The molecular formula is C17H18O3S. The highest BCUT2D eigenvalue weighted by molar-refractivity contribution is 7.98. The van der Waals surface area contributed by atoms with E-state index in [1.807, 2.05) is 30.0 Å². The number of rotatable bonds is 8. The molecule has 0 radical (unpaired) electrons. The van der Waals surface area contributed by atoms with Gasteiger partial charge < -0.3 is 9.84 Å². The van der Waals surface area contributed by atoms with Gasteiger partial charge in [0.1, 0.15) is 11.3 Å². The Kier molecular flexibility index (Phi) is 6.16. The molecule has 3 nitrogen and oxygen atoms in total. The Morgan fingerprint density at radius 1 is 1.05 bits per heavy atom. The molecule has 110 valence electrons. The van der Waals surface area contributed by atoms with E-state index in [1.54, 1.807) is 24.3 Å². The summed E-state index contributed by atoms with van der Waals surface area (Å²) in [6.07, 6.45) is 0.894. The van der Waals surface area contributed by atoms with Crippen molar-refractivity contribution in [3.63, 3.8) is 0 Å². The van der Waals surface area contributed by atoms with Crippen molar-refractivity contribution >= 4 is 17.7 Å². The Morgan fingerprint density at radius 2 is 1.76 bits per heavy atom. The minimum atomic E-state index is -0.955. The molecular weight excluding hydrogens is 284 g/mol. The van der Waals surface area contributed by atoms with Gasteiger partial charge in [0, 0.05) is 5.75 Å². The lowest BCUT2D eigenvalue weighted by Gasteiger charge is -2.08. The van der Waals surface area contributed by atoms with Gasteiger partial charge in [-0.15, -0.1) is 0 Å². The second-order valence-electron chi connectivity index (χ2n) is 4.54. The molecule has 0 saturated carbocycles. The third-order valence-corrected chi connectivity index (χ3v) is 4.03.